The number of phenols is 1. The van der Waals surface area contributed by atoms with Crippen LogP contribution in [0.1, 0.15) is 40.4 Å². The van der Waals surface area contributed by atoms with Gasteiger partial charge >= 0.3 is 5.97 Å². The number of benzene rings is 2. The molecule has 0 bridgehead atoms. The molecule has 1 atom stereocenters. The van der Waals surface area contributed by atoms with Gasteiger partial charge in [0.05, 0.1) is 11.6 Å². The van der Waals surface area contributed by atoms with Gasteiger partial charge in [-0.15, -0.1) is 0 Å². The Morgan fingerprint density at radius 1 is 1.17 bits per heavy atom. The van der Waals surface area contributed by atoms with Crippen LogP contribution in [0.15, 0.2) is 48.5 Å². The summed E-state index contributed by atoms with van der Waals surface area (Å²) in [6.07, 6.45) is 2.92. The number of esters is 1. The van der Waals surface area contributed by atoms with Gasteiger partial charge < -0.3 is 15.2 Å². The van der Waals surface area contributed by atoms with E-state index >= 15 is 0 Å². The number of carbonyl (C=O) groups is 2. The van der Waals surface area contributed by atoms with Crippen LogP contribution < -0.4 is 5.32 Å². The van der Waals surface area contributed by atoms with E-state index in [1.54, 1.807) is 6.07 Å². The lowest BCUT2D eigenvalue weighted by atomic mass is 9.88. The smallest absolute Gasteiger partial charge is 0.338 e. The van der Waals surface area contributed by atoms with E-state index in [-0.39, 0.29) is 29.9 Å². The average Bonchev–Trinajstić information content (AvgIpc) is 2.60. The first-order valence-corrected chi connectivity index (χ1v) is 7.97. The standard InChI is InChI=1S/C19H19NO4/c21-15-8-3-7-14(11-15)19(23)24-12-18(22)20-17-10-4-6-13-5-1-2-9-16(13)17/h1-3,5,7-9,11,17,21H,4,6,10,12H2,(H,20,22). The molecule has 0 radical (unpaired) electrons. The number of carbonyl (C=O) groups excluding carboxylic acids is 2. The zero-order valence-corrected chi connectivity index (χ0v) is 13.2. The van der Waals surface area contributed by atoms with Gasteiger partial charge in [-0.25, -0.2) is 4.79 Å². The fraction of sp³-hybridized carbons (Fsp3) is 0.263. The topological polar surface area (TPSA) is 75.6 Å². The molecule has 5 heteroatoms. The van der Waals surface area contributed by atoms with Crippen molar-refractivity contribution in [3.05, 3.63) is 65.2 Å². The molecule has 124 valence electrons. The predicted molar refractivity (Wildman–Crippen MR) is 88.7 cm³/mol. The molecule has 1 amide bonds. The molecule has 0 aliphatic heterocycles. The minimum atomic E-state index is -0.634. The van der Waals surface area contributed by atoms with Gasteiger partial charge in [0.1, 0.15) is 5.75 Å². The van der Waals surface area contributed by atoms with E-state index in [0.29, 0.717) is 0 Å². The minimum Gasteiger partial charge on any atom is -0.508 e. The second kappa shape index (κ2) is 7.17. The number of hydrogen-bond acceptors (Lipinski definition) is 4. The highest BCUT2D eigenvalue weighted by molar-refractivity contribution is 5.91. The highest BCUT2D eigenvalue weighted by Crippen LogP contribution is 2.29. The Bertz CT molecular complexity index is 757. The Morgan fingerprint density at radius 2 is 2.00 bits per heavy atom. The third-order valence-electron chi connectivity index (χ3n) is 4.12. The number of aromatic hydroxyl groups is 1. The predicted octanol–water partition coefficient (Wildman–Crippen LogP) is 2.74. The Hall–Kier alpha value is -2.82. The number of rotatable bonds is 4. The second-order valence-electron chi connectivity index (χ2n) is 5.84. The summed E-state index contributed by atoms with van der Waals surface area (Å²) in [6.45, 7) is -0.340. The van der Waals surface area contributed by atoms with Crippen LogP contribution in [-0.2, 0) is 16.0 Å². The van der Waals surface area contributed by atoms with E-state index in [2.05, 4.69) is 11.4 Å². The van der Waals surface area contributed by atoms with Crippen molar-refractivity contribution in [2.24, 2.45) is 0 Å². The molecule has 1 aliphatic rings. The van der Waals surface area contributed by atoms with Crippen LogP contribution >= 0.6 is 0 Å². The summed E-state index contributed by atoms with van der Waals surface area (Å²) in [6, 6.07) is 13.9. The SMILES string of the molecule is O=C(COC(=O)c1cccc(O)c1)NC1CCCc2ccccc21. The molecule has 0 aromatic heterocycles. The van der Waals surface area contributed by atoms with E-state index < -0.39 is 5.97 Å². The molecular formula is C19H19NO4. The van der Waals surface area contributed by atoms with Gasteiger partial charge in [0.25, 0.3) is 5.91 Å². The molecule has 2 aromatic rings. The molecule has 5 nitrogen and oxygen atoms in total. The van der Waals surface area contributed by atoms with Crippen LogP contribution in [0.25, 0.3) is 0 Å². The fourth-order valence-corrected chi connectivity index (χ4v) is 2.99. The lowest BCUT2D eigenvalue weighted by Crippen LogP contribution is -2.34. The van der Waals surface area contributed by atoms with Gasteiger partial charge in [-0.05, 0) is 48.6 Å². The van der Waals surface area contributed by atoms with Crippen molar-refractivity contribution in [3.8, 4) is 5.75 Å². The molecular weight excluding hydrogens is 306 g/mol. The maximum absolute atomic E-state index is 12.1. The average molecular weight is 325 g/mol. The number of ether oxygens (including phenoxy) is 1. The molecule has 1 aliphatic carbocycles. The molecule has 2 N–H and O–H groups in total. The van der Waals surface area contributed by atoms with Gasteiger partial charge in [0, 0.05) is 0 Å². The molecule has 0 fully saturated rings. The number of nitrogens with one attached hydrogen (secondary N) is 1. The van der Waals surface area contributed by atoms with Gasteiger partial charge in [-0.1, -0.05) is 30.3 Å². The normalized spacial score (nSPS) is 16.1. The summed E-state index contributed by atoms with van der Waals surface area (Å²) in [7, 11) is 0. The first-order chi connectivity index (χ1) is 11.6. The van der Waals surface area contributed by atoms with E-state index in [4.69, 9.17) is 4.74 Å². The third-order valence-corrected chi connectivity index (χ3v) is 4.12. The molecule has 1 unspecified atom stereocenters. The Balaban J connectivity index is 1.56. The maximum Gasteiger partial charge on any atom is 0.338 e. The first kappa shape index (κ1) is 16.1. The maximum atomic E-state index is 12.1. The zero-order chi connectivity index (χ0) is 16.9. The molecule has 0 spiro atoms. The van der Waals surface area contributed by atoms with Crippen LogP contribution in [0, 0.1) is 0 Å². The minimum absolute atomic E-state index is 0.0206. The van der Waals surface area contributed by atoms with Crippen LogP contribution in [0.4, 0.5) is 0 Å². The molecule has 0 saturated heterocycles. The van der Waals surface area contributed by atoms with Gasteiger partial charge in [0.15, 0.2) is 6.61 Å². The van der Waals surface area contributed by atoms with E-state index in [1.165, 1.54) is 23.8 Å². The fourth-order valence-electron chi connectivity index (χ4n) is 2.99. The molecule has 0 saturated carbocycles. The lowest BCUT2D eigenvalue weighted by Gasteiger charge is -2.26. The zero-order valence-electron chi connectivity index (χ0n) is 13.2. The molecule has 2 aromatic carbocycles. The lowest BCUT2D eigenvalue weighted by molar-refractivity contribution is -0.125. The molecule has 24 heavy (non-hydrogen) atoms. The van der Waals surface area contributed by atoms with Crippen molar-refractivity contribution < 1.29 is 19.4 Å². The molecule has 0 heterocycles. The largest absolute Gasteiger partial charge is 0.508 e. The molecule has 3 rings (SSSR count). The quantitative estimate of drug-likeness (QED) is 0.848. The number of fused-ring (bicyclic) bond motifs is 1. The number of amides is 1. The number of phenolic OH excluding ortho intramolecular Hbond substituents is 1. The van der Waals surface area contributed by atoms with Gasteiger partial charge in [-0.3, -0.25) is 4.79 Å². The first-order valence-electron chi connectivity index (χ1n) is 7.97. The summed E-state index contributed by atoms with van der Waals surface area (Å²) in [5.41, 5.74) is 2.60. The van der Waals surface area contributed by atoms with E-state index in [9.17, 15) is 14.7 Å². The monoisotopic (exact) mass is 325 g/mol. The van der Waals surface area contributed by atoms with Gasteiger partial charge in [-0.2, -0.15) is 0 Å². The van der Waals surface area contributed by atoms with Crippen molar-refractivity contribution in [1.29, 1.82) is 0 Å². The van der Waals surface area contributed by atoms with Crippen LogP contribution in [0.2, 0.25) is 0 Å². The van der Waals surface area contributed by atoms with Crippen molar-refractivity contribution >= 4 is 11.9 Å². The second-order valence-corrected chi connectivity index (χ2v) is 5.84. The van der Waals surface area contributed by atoms with Gasteiger partial charge in [0.2, 0.25) is 0 Å². The highest BCUT2D eigenvalue weighted by atomic mass is 16.5. The summed E-state index contributed by atoms with van der Waals surface area (Å²) >= 11 is 0. The summed E-state index contributed by atoms with van der Waals surface area (Å²) < 4.78 is 5.01. The highest BCUT2D eigenvalue weighted by Gasteiger charge is 2.21. The van der Waals surface area contributed by atoms with E-state index in [0.717, 1.165) is 24.8 Å². The Morgan fingerprint density at radius 3 is 2.83 bits per heavy atom. The van der Waals surface area contributed by atoms with Crippen LogP contribution in [-0.4, -0.2) is 23.6 Å². The van der Waals surface area contributed by atoms with Crippen molar-refractivity contribution in [2.75, 3.05) is 6.61 Å². The summed E-state index contributed by atoms with van der Waals surface area (Å²) in [5.74, 6) is -0.983. The summed E-state index contributed by atoms with van der Waals surface area (Å²) in [5, 5.41) is 12.3. The Kier molecular flexibility index (Phi) is 4.79. The number of aryl methyl sites for hydroxylation is 1. The van der Waals surface area contributed by atoms with Crippen molar-refractivity contribution in [1.82, 2.24) is 5.32 Å². The number of hydrogen-bond donors (Lipinski definition) is 2. The van der Waals surface area contributed by atoms with Crippen LogP contribution in [0.5, 0.6) is 5.75 Å². The van der Waals surface area contributed by atoms with Crippen LogP contribution in [0.3, 0.4) is 0 Å². The third kappa shape index (κ3) is 3.74. The van der Waals surface area contributed by atoms with Crippen molar-refractivity contribution in [2.45, 2.75) is 25.3 Å². The summed E-state index contributed by atoms with van der Waals surface area (Å²) in [4.78, 5) is 24.0. The Labute approximate surface area is 140 Å². The van der Waals surface area contributed by atoms with Crippen molar-refractivity contribution in [3.63, 3.8) is 0 Å². The van der Waals surface area contributed by atoms with E-state index in [1.807, 2.05) is 18.2 Å².